The van der Waals surface area contributed by atoms with E-state index in [-0.39, 0.29) is 0 Å². The van der Waals surface area contributed by atoms with Gasteiger partial charge in [0, 0.05) is 11.1 Å². The van der Waals surface area contributed by atoms with Gasteiger partial charge in [-0.2, -0.15) is 0 Å². The molecule has 0 bridgehead atoms. The number of thiazole rings is 2. The van der Waals surface area contributed by atoms with Gasteiger partial charge in [0.15, 0.2) is 0 Å². The Balaban J connectivity index is 1.45. The molecule has 1 aliphatic carbocycles. The van der Waals surface area contributed by atoms with E-state index in [0.717, 1.165) is 45.0 Å². The van der Waals surface area contributed by atoms with Crippen molar-refractivity contribution in [3.05, 3.63) is 115 Å². The van der Waals surface area contributed by atoms with Crippen LogP contribution >= 0.6 is 22.7 Å². The predicted molar refractivity (Wildman–Crippen MR) is 155 cm³/mol. The molecule has 0 spiro atoms. The first-order valence-electron chi connectivity index (χ1n) is 12.2. The number of hydrogen-bond acceptors (Lipinski definition) is 4. The molecule has 0 saturated carbocycles. The summed E-state index contributed by atoms with van der Waals surface area (Å²) in [4.78, 5) is 9.97. The number of allylic oxidation sites excluding steroid dienone is 4. The topological polar surface area (TPSA) is 25.8 Å². The van der Waals surface area contributed by atoms with Crippen LogP contribution in [0.5, 0.6) is 0 Å². The first-order chi connectivity index (χ1) is 17.8. The average molecular weight is 499 g/mol. The Morgan fingerprint density at radius 3 is 1.69 bits per heavy atom. The summed E-state index contributed by atoms with van der Waals surface area (Å²) < 4.78 is 2.41. The molecule has 1 aliphatic rings. The molecule has 2 aromatic heterocycles. The summed E-state index contributed by atoms with van der Waals surface area (Å²) in [6.07, 6.45) is 9.08. The molecule has 4 aromatic carbocycles. The molecule has 0 saturated heterocycles. The highest BCUT2D eigenvalue weighted by atomic mass is 32.1. The molecule has 2 heterocycles. The van der Waals surface area contributed by atoms with E-state index in [2.05, 4.69) is 109 Å². The molecule has 172 valence electrons. The minimum atomic E-state index is 1.04. The maximum Gasteiger partial charge on any atom is 0.124 e. The Bertz CT molecular complexity index is 1640. The zero-order chi connectivity index (χ0) is 23.9. The van der Waals surface area contributed by atoms with Crippen LogP contribution in [-0.4, -0.2) is 9.97 Å². The van der Waals surface area contributed by atoms with Crippen LogP contribution < -0.4 is 0 Å². The second kappa shape index (κ2) is 8.98. The third-order valence-corrected chi connectivity index (χ3v) is 8.73. The lowest BCUT2D eigenvalue weighted by molar-refractivity contribution is 1.04. The Morgan fingerprint density at radius 1 is 0.556 bits per heavy atom. The fourth-order valence-electron chi connectivity index (χ4n) is 4.82. The number of para-hydroxylation sites is 2. The van der Waals surface area contributed by atoms with Crippen molar-refractivity contribution in [3.63, 3.8) is 0 Å². The molecule has 2 nitrogen and oxygen atoms in total. The number of benzene rings is 4. The maximum atomic E-state index is 4.99. The normalized spacial score (nSPS) is 13.4. The van der Waals surface area contributed by atoms with Crippen LogP contribution in [0.2, 0.25) is 0 Å². The lowest BCUT2D eigenvalue weighted by atomic mass is 9.90. The molecule has 0 radical (unpaired) electrons. The first-order valence-corrected chi connectivity index (χ1v) is 13.8. The van der Waals surface area contributed by atoms with Crippen LogP contribution in [0.15, 0.2) is 109 Å². The van der Waals surface area contributed by atoms with Crippen molar-refractivity contribution in [2.45, 2.75) is 12.8 Å². The van der Waals surface area contributed by atoms with Crippen molar-refractivity contribution in [1.29, 1.82) is 0 Å². The zero-order valence-electron chi connectivity index (χ0n) is 19.5. The fourth-order valence-corrected chi connectivity index (χ4v) is 6.73. The van der Waals surface area contributed by atoms with Gasteiger partial charge in [0.25, 0.3) is 0 Å². The van der Waals surface area contributed by atoms with Gasteiger partial charge in [-0.05, 0) is 77.6 Å². The molecule has 0 atom stereocenters. The number of aromatic nitrogens is 2. The van der Waals surface area contributed by atoms with Gasteiger partial charge in [-0.3, -0.25) is 0 Å². The summed E-state index contributed by atoms with van der Waals surface area (Å²) in [5.74, 6) is 0. The third kappa shape index (κ3) is 3.89. The Hall–Kier alpha value is -3.86. The highest BCUT2D eigenvalue weighted by Gasteiger charge is 2.16. The molecule has 0 fully saturated rings. The van der Waals surface area contributed by atoms with Crippen molar-refractivity contribution in [1.82, 2.24) is 9.97 Å². The smallest absolute Gasteiger partial charge is 0.124 e. The van der Waals surface area contributed by atoms with Crippen LogP contribution in [0.1, 0.15) is 18.4 Å². The SMILES string of the molecule is C1=CC(c2ccccc2-c2cc(-c3nc4ccccc4s3)cc(-c3nc4ccccc4s3)c2)=CCC1. The molecule has 0 unspecified atom stereocenters. The van der Waals surface area contributed by atoms with Gasteiger partial charge in [-0.1, -0.05) is 66.8 Å². The second-order valence-electron chi connectivity index (χ2n) is 8.96. The van der Waals surface area contributed by atoms with Crippen LogP contribution in [0.4, 0.5) is 0 Å². The molecule has 0 aliphatic heterocycles. The summed E-state index contributed by atoms with van der Waals surface area (Å²) in [7, 11) is 0. The monoisotopic (exact) mass is 498 g/mol. The van der Waals surface area contributed by atoms with E-state index in [1.165, 1.54) is 31.7 Å². The minimum Gasteiger partial charge on any atom is -0.236 e. The van der Waals surface area contributed by atoms with Crippen molar-refractivity contribution >= 4 is 48.7 Å². The Kier molecular flexibility index (Phi) is 5.34. The standard InChI is InChI=1S/C32H22N2S2/c1-2-10-21(11-3-1)25-12-4-5-13-26(25)22-18-23(31-33-27-14-6-8-16-29(27)35-31)20-24(19-22)32-34-28-15-7-9-17-30(28)36-32/h2,4-20H,1,3H2. The van der Waals surface area contributed by atoms with Gasteiger partial charge in [0.2, 0.25) is 0 Å². The van der Waals surface area contributed by atoms with E-state index in [4.69, 9.17) is 9.97 Å². The first kappa shape index (κ1) is 21.4. The zero-order valence-corrected chi connectivity index (χ0v) is 21.2. The predicted octanol–water partition coefficient (Wildman–Crippen LogP) is 9.64. The highest BCUT2D eigenvalue weighted by molar-refractivity contribution is 7.22. The number of hydrogen-bond donors (Lipinski definition) is 0. The molecular weight excluding hydrogens is 477 g/mol. The quantitative estimate of drug-likeness (QED) is 0.242. The number of fused-ring (bicyclic) bond motifs is 2. The van der Waals surface area contributed by atoms with E-state index < -0.39 is 0 Å². The summed E-state index contributed by atoms with van der Waals surface area (Å²) >= 11 is 3.49. The van der Waals surface area contributed by atoms with Gasteiger partial charge < -0.3 is 0 Å². The summed E-state index contributed by atoms with van der Waals surface area (Å²) in [5.41, 5.74) is 9.34. The Morgan fingerprint density at radius 2 is 1.11 bits per heavy atom. The van der Waals surface area contributed by atoms with Crippen molar-refractivity contribution in [2.75, 3.05) is 0 Å². The van der Waals surface area contributed by atoms with E-state index in [0.29, 0.717) is 0 Å². The van der Waals surface area contributed by atoms with Crippen molar-refractivity contribution in [2.24, 2.45) is 0 Å². The highest BCUT2D eigenvalue weighted by Crippen LogP contribution is 2.40. The van der Waals surface area contributed by atoms with Gasteiger partial charge in [-0.25, -0.2) is 9.97 Å². The number of rotatable bonds is 4. The summed E-state index contributed by atoms with van der Waals surface area (Å²) in [5, 5.41) is 2.07. The lowest BCUT2D eigenvalue weighted by Crippen LogP contribution is -1.92. The molecule has 36 heavy (non-hydrogen) atoms. The summed E-state index contributed by atoms with van der Waals surface area (Å²) in [6, 6.07) is 32.3. The van der Waals surface area contributed by atoms with E-state index in [9.17, 15) is 0 Å². The van der Waals surface area contributed by atoms with E-state index >= 15 is 0 Å². The second-order valence-corrected chi connectivity index (χ2v) is 11.0. The van der Waals surface area contributed by atoms with Gasteiger partial charge in [0.05, 0.1) is 20.4 Å². The van der Waals surface area contributed by atoms with Crippen molar-refractivity contribution < 1.29 is 0 Å². The largest absolute Gasteiger partial charge is 0.236 e. The van der Waals surface area contributed by atoms with Crippen LogP contribution in [0, 0.1) is 0 Å². The third-order valence-electron chi connectivity index (χ3n) is 6.56. The minimum absolute atomic E-state index is 1.04. The molecule has 4 heteroatoms. The maximum absolute atomic E-state index is 4.99. The van der Waals surface area contributed by atoms with Crippen LogP contribution in [-0.2, 0) is 0 Å². The molecule has 0 N–H and O–H groups in total. The van der Waals surface area contributed by atoms with Crippen molar-refractivity contribution in [3.8, 4) is 32.3 Å². The van der Waals surface area contributed by atoms with Gasteiger partial charge in [0.1, 0.15) is 10.0 Å². The van der Waals surface area contributed by atoms with Crippen LogP contribution in [0.25, 0.3) is 58.3 Å². The lowest BCUT2D eigenvalue weighted by Gasteiger charge is -2.15. The van der Waals surface area contributed by atoms with E-state index in [1.807, 2.05) is 0 Å². The summed E-state index contributed by atoms with van der Waals surface area (Å²) in [6.45, 7) is 0. The molecule has 0 amide bonds. The fraction of sp³-hybridized carbons (Fsp3) is 0.0625. The van der Waals surface area contributed by atoms with E-state index in [1.54, 1.807) is 22.7 Å². The van der Waals surface area contributed by atoms with Gasteiger partial charge in [-0.15, -0.1) is 22.7 Å². The Labute approximate surface area is 217 Å². The number of nitrogens with zero attached hydrogens (tertiary/aromatic N) is 2. The molecule has 7 rings (SSSR count). The van der Waals surface area contributed by atoms with Crippen LogP contribution in [0.3, 0.4) is 0 Å². The molecular formula is C32H22N2S2. The molecule has 6 aromatic rings. The average Bonchev–Trinajstić information content (AvgIpc) is 3.58. The van der Waals surface area contributed by atoms with Gasteiger partial charge >= 0.3 is 0 Å².